The standard InChI is InChI=1S/C11H24N4S/c1-10(2)14(3)5-4-13-11(12)15-6-8-16-9-7-15/h10H,4-9H2,1-3H3,(H2,12,13). The molecule has 1 aliphatic rings. The number of guanidine groups is 1. The summed E-state index contributed by atoms with van der Waals surface area (Å²) in [7, 11) is 2.12. The van der Waals surface area contributed by atoms with Crippen molar-refractivity contribution in [1.29, 1.82) is 0 Å². The minimum atomic E-state index is 0.572. The maximum Gasteiger partial charge on any atom is 0.191 e. The minimum Gasteiger partial charge on any atom is -0.370 e. The zero-order valence-corrected chi connectivity index (χ0v) is 11.5. The van der Waals surface area contributed by atoms with Crippen molar-refractivity contribution >= 4 is 17.7 Å². The van der Waals surface area contributed by atoms with Crippen molar-refractivity contribution in [2.45, 2.75) is 19.9 Å². The summed E-state index contributed by atoms with van der Waals surface area (Å²) in [5.41, 5.74) is 5.96. The van der Waals surface area contributed by atoms with Crippen LogP contribution in [0.25, 0.3) is 0 Å². The van der Waals surface area contributed by atoms with Crippen LogP contribution in [0.2, 0.25) is 0 Å². The lowest BCUT2D eigenvalue weighted by Gasteiger charge is -2.27. The van der Waals surface area contributed by atoms with Crippen LogP contribution >= 0.6 is 11.8 Å². The molecule has 0 bridgehead atoms. The van der Waals surface area contributed by atoms with Gasteiger partial charge >= 0.3 is 0 Å². The van der Waals surface area contributed by atoms with Gasteiger partial charge in [-0.15, -0.1) is 0 Å². The van der Waals surface area contributed by atoms with Crippen LogP contribution in [-0.2, 0) is 0 Å². The second-order valence-electron chi connectivity index (χ2n) is 4.41. The van der Waals surface area contributed by atoms with Crippen LogP contribution < -0.4 is 5.73 Å². The van der Waals surface area contributed by atoms with Gasteiger partial charge in [0.25, 0.3) is 0 Å². The van der Waals surface area contributed by atoms with E-state index in [9.17, 15) is 0 Å². The maximum absolute atomic E-state index is 5.96. The molecule has 4 nitrogen and oxygen atoms in total. The second kappa shape index (κ2) is 7.01. The van der Waals surface area contributed by atoms with Crippen LogP contribution in [-0.4, -0.2) is 66.5 Å². The Morgan fingerprint density at radius 1 is 1.44 bits per heavy atom. The lowest BCUT2D eigenvalue weighted by Crippen LogP contribution is -2.43. The van der Waals surface area contributed by atoms with E-state index < -0.39 is 0 Å². The number of rotatable bonds is 4. The molecule has 1 saturated heterocycles. The molecule has 0 amide bonds. The molecular weight excluding hydrogens is 220 g/mol. The van der Waals surface area contributed by atoms with E-state index in [0.29, 0.717) is 6.04 Å². The van der Waals surface area contributed by atoms with Gasteiger partial charge in [-0.3, -0.25) is 4.99 Å². The lowest BCUT2D eigenvalue weighted by molar-refractivity contribution is 0.281. The van der Waals surface area contributed by atoms with Gasteiger partial charge < -0.3 is 15.5 Å². The fraction of sp³-hybridized carbons (Fsp3) is 0.909. The van der Waals surface area contributed by atoms with Crippen molar-refractivity contribution in [2.75, 3.05) is 44.7 Å². The first-order valence-electron chi connectivity index (χ1n) is 5.94. The van der Waals surface area contributed by atoms with E-state index in [4.69, 9.17) is 5.73 Å². The van der Waals surface area contributed by atoms with Crippen molar-refractivity contribution < 1.29 is 0 Å². The van der Waals surface area contributed by atoms with Crippen molar-refractivity contribution in [3.8, 4) is 0 Å². The van der Waals surface area contributed by atoms with E-state index in [0.717, 1.165) is 32.1 Å². The van der Waals surface area contributed by atoms with Gasteiger partial charge in [-0.1, -0.05) is 0 Å². The fourth-order valence-corrected chi connectivity index (χ4v) is 2.38. The fourth-order valence-electron chi connectivity index (χ4n) is 1.47. The minimum absolute atomic E-state index is 0.572. The lowest BCUT2D eigenvalue weighted by atomic mass is 10.3. The molecule has 0 saturated carbocycles. The van der Waals surface area contributed by atoms with Gasteiger partial charge in [0.1, 0.15) is 0 Å². The van der Waals surface area contributed by atoms with Crippen molar-refractivity contribution in [2.24, 2.45) is 10.7 Å². The number of likely N-dealkylation sites (N-methyl/N-ethyl adjacent to an activating group) is 1. The smallest absolute Gasteiger partial charge is 0.191 e. The third kappa shape index (κ3) is 4.61. The highest BCUT2D eigenvalue weighted by Gasteiger charge is 2.11. The summed E-state index contributed by atoms with van der Waals surface area (Å²) in [5, 5.41) is 0. The number of thioether (sulfide) groups is 1. The Morgan fingerprint density at radius 2 is 2.06 bits per heavy atom. The first-order valence-corrected chi connectivity index (χ1v) is 7.09. The molecule has 0 aromatic carbocycles. The second-order valence-corrected chi connectivity index (χ2v) is 5.64. The molecule has 1 aliphatic heterocycles. The van der Waals surface area contributed by atoms with Crippen LogP contribution in [0.1, 0.15) is 13.8 Å². The summed E-state index contributed by atoms with van der Waals surface area (Å²) in [4.78, 5) is 8.91. The van der Waals surface area contributed by atoms with Crippen molar-refractivity contribution in [3.63, 3.8) is 0 Å². The van der Waals surface area contributed by atoms with Crippen LogP contribution in [0.3, 0.4) is 0 Å². The molecule has 2 N–H and O–H groups in total. The Kier molecular flexibility index (Phi) is 5.98. The molecule has 1 heterocycles. The number of aliphatic imine (C=N–C) groups is 1. The molecule has 1 rings (SSSR count). The molecule has 0 aromatic rings. The van der Waals surface area contributed by atoms with Crippen LogP contribution in [0.5, 0.6) is 0 Å². The molecule has 94 valence electrons. The normalized spacial score (nSPS) is 18.6. The Labute approximate surface area is 103 Å². The first kappa shape index (κ1) is 13.6. The summed E-state index contributed by atoms with van der Waals surface area (Å²) >= 11 is 1.99. The molecule has 0 unspecified atom stereocenters. The van der Waals surface area contributed by atoms with Crippen LogP contribution in [0.4, 0.5) is 0 Å². The zero-order valence-electron chi connectivity index (χ0n) is 10.6. The summed E-state index contributed by atoms with van der Waals surface area (Å²) in [6.07, 6.45) is 0. The van der Waals surface area contributed by atoms with Gasteiger partial charge in [0.05, 0.1) is 6.54 Å². The molecule has 16 heavy (non-hydrogen) atoms. The molecule has 0 spiro atoms. The van der Waals surface area contributed by atoms with Gasteiger partial charge in [-0.25, -0.2) is 0 Å². The van der Waals surface area contributed by atoms with Crippen LogP contribution in [0, 0.1) is 0 Å². The highest BCUT2D eigenvalue weighted by Crippen LogP contribution is 2.08. The number of hydrogen-bond donors (Lipinski definition) is 1. The molecule has 0 aliphatic carbocycles. The quantitative estimate of drug-likeness (QED) is 0.584. The number of nitrogens with two attached hydrogens (primary N) is 1. The van der Waals surface area contributed by atoms with E-state index in [1.807, 2.05) is 11.8 Å². The van der Waals surface area contributed by atoms with Gasteiger partial charge in [0.2, 0.25) is 0 Å². The van der Waals surface area contributed by atoms with Gasteiger partial charge in [-0.05, 0) is 20.9 Å². The predicted molar refractivity (Wildman–Crippen MR) is 73.2 cm³/mol. The highest BCUT2D eigenvalue weighted by atomic mass is 32.2. The topological polar surface area (TPSA) is 44.9 Å². The van der Waals surface area contributed by atoms with E-state index in [1.54, 1.807) is 0 Å². The summed E-state index contributed by atoms with van der Waals surface area (Å²) in [6, 6.07) is 0.572. The highest BCUT2D eigenvalue weighted by molar-refractivity contribution is 7.99. The summed E-state index contributed by atoms with van der Waals surface area (Å²) in [6.45, 7) is 8.23. The van der Waals surface area contributed by atoms with E-state index in [1.165, 1.54) is 11.5 Å². The van der Waals surface area contributed by atoms with Gasteiger partial charge in [0.15, 0.2) is 5.96 Å². The van der Waals surface area contributed by atoms with Crippen molar-refractivity contribution in [3.05, 3.63) is 0 Å². The van der Waals surface area contributed by atoms with Crippen molar-refractivity contribution in [1.82, 2.24) is 9.80 Å². The zero-order chi connectivity index (χ0) is 12.0. The monoisotopic (exact) mass is 244 g/mol. The number of nitrogens with zero attached hydrogens (tertiary/aromatic N) is 3. The first-order chi connectivity index (χ1) is 7.61. The third-order valence-electron chi connectivity index (χ3n) is 2.94. The average molecular weight is 244 g/mol. The molecule has 5 heteroatoms. The Balaban J connectivity index is 2.27. The molecule has 0 aromatic heterocycles. The number of hydrogen-bond acceptors (Lipinski definition) is 3. The SMILES string of the molecule is CC(C)N(C)CCN=C(N)N1CCSCC1. The van der Waals surface area contributed by atoms with E-state index in [-0.39, 0.29) is 0 Å². The van der Waals surface area contributed by atoms with E-state index in [2.05, 4.69) is 35.7 Å². The van der Waals surface area contributed by atoms with Gasteiger partial charge in [0, 0.05) is 37.2 Å². The Bertz CT molecular complexity index is 224. The Hall–Kier alpha value is -0.420. The summed E-state index contributed by atoms with van der Waals surface area (Å²) in [5.74, 6) is 3.06. The maximum atomic E-state index is 5.96. The predicted octanol–water partition coefficient (Wildman–Crippen LogP) is 0.690. The average Bonchev–Trinajstić information content (AvgIpc) is 2.29. The molecule has 0 atom stereocenters. The van der Waals surface area contributed by atoms with Crippen LogP contribution in [0.15, 0.2) is 4.99 Å². The Morgan fingerprint density at radius 3 is 2.62 bits per heavy atom. The largest absolute Gasteiger partial charge is 0.370 e. The van der Waals surface area contributed by atoms with Gasteiger partial charge in [-0.2, -0.15) is 11.8 Å². The molecular formula is C11H24N4S. The molecule has 0 radical (unpaired) electrons. The van der Waals surface area contributed by atoms with E-state index >= 15 is 0 Å². The third-order valence-corrected chi connectivity index (χ3v) is 3.89. The summed E-state index contributed by atoms with van der Waals surface area (Å²) < 4.78 is 0. The molecule has 1 fully saturated rings.